The van der Waals surface area contributed by atoms with Crippen LogP contribution in [0.4, 0.5) is 0 Å². The SMILES string of the molecule is CC(C)CCS(=O)(=O)N(C)C1CCCCC1Br. The van der Waals surface area contributed by atoms with Crippen LogP contribution in [0.15, 0.2) is 0 Å². The second kappa shape index (κ2) is 6.53. The zero-order valence-electron chi connectivity index (χ0n) is 11.0. The lowest BCUT2D eigenvalue weighted by molar-refractivity contribution is 0.296. The fourth-order valence-electron chi connectivity index (χ4n) is 2.21. The maximum absolute atomic E-state index is 12.2. The summed E-state index contributed by atoms with van der Waals surface area (Å²) in [6, 6.07) is 0.140. The van der Waals surface area contributed by atoms with E-state index in [1.54, 1.807) is 11.4 Å². The fraction of sp³-hybridized carbons (Fsp3) is 1.00. The number of hydrogen-bond acceptors (Lipinski definition) is 2. The largest absolute Gasteiger partial charge is 0.214 e. The van der Waals surface area contributed by atoms with E-state index in [2.05, 4.69) is 29.8 Å². The van der Waals surface area contributed by atoms with Crippen molar-refractivity contribution < 1.29 is 8.42 Å². The van der Waals surface area contributed by atoms with E-state index in [4.69, 9.17) is 0 Å². The van der Waals surface area contributed by atoms with Crippen molar-refractivity contribution in [1.82, 2.24) is 4.31 Å². The van der Waals surface area contributed by atoms with Gasteiger partial charge >= 0.3 is 0 Å². The van der Waals surface area contributed by atoms with Crippen LogP contribution in [0, 0.1) is 5.92 Å². The molecule has 0 aromatic carbocycles. The maximum Gasteiger partial charge on any atom is 0.214 e. The van der Waals surface area contributed by atoms with Crippen molar-refractivity contribution >= 4 is 26.0 Å². The molecule has 0 aromatic rings. The van der Waals surface area contributed by atoms with Gasteiger partial charge in [0.2, 0.25) is 10.0 Å². The van der Waals surface area contributed by atoms with E-state index in [9.17, 15) is 8.42 Å². The number of alkyl halides is 1. The van der Waals surface area contributed by atoms with E-state index >= 15 is 0 Å². The second-order valence-corrected chi connectivity index (χ2v) is 8.71. The number of hydrogen-bond donors (Lipinski definition) is 0. The van der Waals surface area contributed by atoms with Crippen molar-refractivity contribution in [3.8, 4) is 0 Å². The van der Waals surface area contributed by atoms with Crippen LogP contribution >= 0.6 is 15.9 Å². The van der Waals surface area contributed by atoms with E-state index in [1.807, 2.05) is 0 Å². The summed E-state index contributed by atoms with van der Waals surface area (Å²) >= 11 is 3.62. The molecule has 2 unspecified atom stereocenters. The molecule has 0 N–H and O–H groups in total. The predicted molar refractivity (Wildman–Crippen MR) is 76.0 cm³/mol. The summed E-state index contributed by atoms with van der Waals surface area (Å²) in [5.41, 5.74) is 0. The minimum absolute atomic E-state index is 0.140. The molecule has 17 heavy (non-hydrogen) atoms. The maximum atomic E-state index is 12.2. The van der Waals surface area contributed by atoms with Crippen LogP contribution in [-0.2, 0) is 10.0 Å². The Labute approximate surface area is 114 Å². The Morgan fingerprint density at radius 2 is 1.88 bits per heavy atom. The van der Waals surface area contributed by atoms with Crippen LogP contribution in [0.1, 0.15) is 46.0 Å². The summed E-state index contributed by atoms with van der Waals surface area (Å²) in [6.45, 7) is 4.12. The third kappa shape index (κ3) is 4.52. The number of rotatable bonds is 5. The van der Waals surface area contributed by atoms with Gasteiger partial charge in [-0.15, -0.1) is 0 Å². The summed E-state index contributed by atoms with van der Waals surface area (Å²) in [5.74, 6) is 0.710. The van der Waals surface area contributed by atoms with Gasteiger partial charge in [0.05, 0.1) is 5.75 Å². The molecule has 1 aliphatic carbocycles. The molecular weight excluding hydrogens is 302 g/mol. The quantitative estimate of drug-likeness (QED) is 0.729. The first kappa shape index (κ1) is 15.4. The fourth-order valence-corrected chi connectivity index (χ4v) is 5.03. The molecule has 0 saturated heterocycles. The Balaban J connectivity index is 2.63. The average Bonchev–Trinajstić information content (AvgIpc) is 2.26. The highest BCUT2D eigenvalue weighted by Gasteiger charge is 2.32. The van der Waals surface area contributed by atoms with Crippen LogP contribution in [-0.4, -0.2) is 36.4 Å². The molecule has 1 aliphatic rings. The van der Waals surface area contributed by atoms with E-state index < -0.39 is 10.0 Å². The highest BCUT2D eigenvalue weighted by Crippen LogP contribution is 2.29. The van der Waals surface area contributed by atoms with Crippen molar-refractivity contribution in [3.63, 3.8) is 0 Å². The summed E-state index contributed by atoms with van der Waals surface area (Å²) in [4.78, 5) is 0.315. The molecule has 0 aliphatic heterocycles. The van der Waals surface area contributed by atoms with Gasteiger partial charge in [0, 0.05) is 17.9 Å². The van der Waals surface area contributed by atoms with E-state index in [1.165, 1.54) is 6.42 Å². The van der Waals surface area contributed by atoms with Gasteiger partial charge in [-0.1, -0.05) is 42.6 Å². The minimum Gasteiger partial charge on any atom is -0.212 e. The number of sulfonamides is 1. The molecule has 0 bridgehead atoms. The lowest BCUT2D eigenvalue weighted by Gasteiger charge is -2.34. The first-order chi connectivity index (χ1) is 7.84. The van der Waals surface area contributed by atoms with Crippen LogP contribution in [0.2, 0.25) is 0 Å². The van der Waals surface area contributed by atoms with Crippen molar-refractivity contribution in [3.05, 3.63) is 0 Å². The minimum atomic E-state index is -3.08. The molecular formula is C12H24BrNO2S. The van der Waals surface area contributed by atoms with Gasteiger partial charge in [-0.25, -0.2) is 12.7 Å². The molecule has 0 aromatic heterocycles. The monoisotopic (exact) mass is 325 g/mol. The summed E-state index contributed by atoms with van der Waals surface area (Å²) in [5, 5.41) is 0. The molecule has 102 valence electrons. The summed E-state index contributed by atoms with van der Waals surface area (Å²) in [7, 11) is -1.35. The molecule has 0 radical (unpaired) electrons. The third-order valence-corrected chi connectivity index (χ3v) is 6.47. The molecule has 5 heteroatoms. The Kier molecular flexibility index (Phi) is 5.93. The van der Waals surface area contributed by atoms with Gasteiger partial charge < -0.3 is 0 Å². The first-order valence-corrected chi connectivity index (χ1v) is 8.97. The predicted octanol–water partition coefficient (Wildman–Crippen LogP) is 3.00. The van der Waals surface area contributed by atoms with Gasteiger partial charge in [-0.2, -0.15) is 0 Å². The van der Waals surface area contributed by atoms with Gasteiger partial charge in [-0.3, -0.25) is 0 Å². The van der Waals surface area contributed by atoms with Crippen molar-refractivity contribution in [1.29, 1.82) is 0 Å². The molecule has 0 heterocycles. The molecule has 3 nitrogen and oxygen atoms in total. The first-order valence-electron chi connectivity index (χ1n) is 6.44. The van der Waals surface area contributed by atoms with Gasteiger partial charge in [-0.05, 0) is 25.2 Å². The number of nitrogens with zero attached hydrogens (tertiary/aromatic N) is 1. The van der Waals surface area contributed by atoms with Crippen LogP contribution in [0.25, 0.3) is 0 Å². The molecule has 1 saturated carbocycles. The lowest BCUT2D eigenvalue weighted by atomic mass is 9.96. The molecule has 1 fully saturated rings. The summed E-state index contributed by atoms with van der Waals surface area (Å²) in [6.07, 6.45) is 5.14. The normalized spacial score (nSPS) is 26.7. The standard InChI is InChI=1S/C12H24BrNO2S/c1-10(2)8-9-17(15,16)14(3)12-7-5-4-6-11(12)13/h10-12H,4-9H2,1-3H3. The van der Waals surface area contributed by atoms with Gasteiger partial charge in [0.25, 0.3) is 0 Å². The lowest BCUT2D eigenvalue weighted by Crippen LogP contribution is -2.45. The zero-order valence-corrected chi connectivity index (χ0v) is 13.4. The van der Waals surface area contributed by atoms with E-state index in [0.29, 0.717) is 10.7 Å². The van der Waals surface area contributed by atoms with Gasteiger partial charge in [0.15, 0.2) is 0 Å². The molecule has 1 rings (SSSR count). The third-order valence-electron chi connectivity index (χ3n) is 3.51. The van der Waals surface area contributed by atoms with Gasteiger partial charge in [0.1, 0.15) is 0 Å². The second-order valence-electron chi connectivity index (χ2n) is 5.38. The van der Waals surface area contributed by atoms with Crippen molar-refractivity contribution in [2.45, 2.75) is 56.8 Å². The topological polar surface area (TPSA) is 37.4 Å². The van der Waals surface area contributed by atoms with Crippen LogP contribution < -0.4 is 0 Å². The smallest absolute Gasteiger partial charge is 0.212 e. The molecule has 2 atom stereocenters. The van der Waals surface area contributed by atoms with Crippen molar-refractivity contribution in [2.24, 2.45) is 5.92 Å². The molecule has 0 amide bonds. The Morgan fingerprint density at radius 1 is 1.29 bits per heavy atom. The number of halogens is 1. The summed E-state index contributed by atoms with van der Waals surface area (Å²) < 4.78 is 26.0. The Morgan fingerprint density at radius 3 is 2.41 bits per heavy atom. The van der Waals surface area contributed by atoms with Crippen LogP contribution in [0.3, 0.4) is 0 Å². The van der Waals surface area contributed by atoms with E-state index in [-0.39, 0.29) is 11.8 Å². The van der Waals surface area contributed by atoms with E-state index in [0.717, 1.165) is 25.7 Å². The Hall–Kier alpha value is 0.390. The average molecular weight is 326 g/mol. The highest BCUT2D eigenvalue weighted by molar-refractivity contribution is 9.09. The molecule has 0 spiro atoms. The Bertz CT molecular complexity index is 329. The zero-order chi connectivity index (χ0) is 13.1. The van der Waals surface area contributed by atoms with Crippen LogP contribution in [0.5, 0.6) is 0 Å². The highest BCUT2D eigenvalue weighted by atomic mass is 79.9. The van der Waals surface area contributed by atoms with Crippen molar-refractivity contribution in [2.75, 3.05) is 12.8 Å².